The summed E-state index contributed by atoms with van der Waals surface area (Å²) in [7, 11) is 0. The van der Waals surface area contributed by atoms with E-state index in [0.717, 1.165) is 18.0 Å². The van der Waals surface area contributed by atoms with Crippen LogP contribution in [0.15, 0.2) is 29.2 Å². The van der Waals surface area contributed by atoms with Gasteiger partial charge in [0.25, 0.3) is 0 Å². The predicted octanol–water partition coefficient (Wildman–Crippen LogP) is 2.90. The minimum atomic E-state index is 0.294. The molecule has 0 unspecified atom stereocenters. The molecule has 0 spiro atoms. The van der Waals surface area contributed by atoms with E-state index in [2.05, 4.69) is 4.90 Å². The summed E-state index contributed by atoms with van der Waals surface area (Å²) in [5.74, 6) is 0.294. The SMILES string of the molecule is Oc1ccc(SOCCN2CCCCC2)cc1. The number of nitrogens with zero attached hydrogens (tertiary/aromatic N) is 1. The lowest BCUT2D eigenvalue weighted by Gasteiger charge is -2.25. The Hall–Kier alpha value is -0.710. The van der Waals surface area contributed by atoms with Gasteiger partial charge in [0.1, 0.15) is 5.75 Å². The van der Waals surface area contributed by atoms with Gasteiger partial charge >= 0.3 is 0 Å². The van der Waals surface area contributed by atoms with E-state index in [0.29, 0.717) is 5.75 Å². The minimum absolute atomic E-state index is 0.294. The molecular weight excluding hydrogens is 234 g/mol. The normalized spacial score (nSPS) is 17.2. The van der Waals surface area contributed by atoms with Gasteiger partial charge in [-0.2, -0.15) is 0 Å². The van der Waals surface area contributed by atoms with Crippen LogP contribution in [0.2, 0.25) is 0 Å². The molecule has 1 heterocycles. The summed E-state index contributed by atoms with van der Waals surface area (Å²) in [5.41, 5.74) is 0. The highest BCUT2D eigenvalue weighted by Gasteiger charge is 2.09. The highest BCUT2D eigenvalue weighted by atomic mass is 32.2. The molecule has 0 aliphatic carbocycles. The van der Waals surface area contributed by atoms with E-state index < -0.39 is 0 Å². The van der Waals surface area contributed by atoms with Crippen molar-refractivity contribution in [2.45, 2.75) is 24.2 Å². The van der Waals surface area contributed by atoms with E-state index in [1.165, 1.54) is 44.4 Å². The van der Waals surface area contributed by atoms with Gasteiger partial charge in [-0.15, -0.1) is 0 Å². The molecule has 0 radical (unpaired) electrons. The maximum absolute atomic E-state index is 9.14. The Labute approximate surface area is 107 Å². The molecule has 1 fully saturated rings. The Morgan fingerprint density at radius 3 is 2.53 bits per heavy atom. The zero-order chi connectivity index (χ0) is 11.9. The summed E-state index contributed by atoms with van der Waals surface area (Å²) in [5, 5.41) is 9.14. The van der Waals surface area contributed by atoms with E-state index in [4.69, 9.17) is 9.29 Å². The first-order valence-corrected chi connectivity index (χ1v) is 6.89. The molecule has 17 heavy (non-hydrogen) atoms. The minimum Gasteiger partial charge on any atom is -0.508 e. The molecule has 0 saturated carbocycles. The molecule has 1 N–H and O–H groups in total. The second-order valence-corrected chi connectivity index (χ2v) is 5.18. The van der Waals surface area contributed by atoms with Crippen molar-refractivity contribution in [2.24, 2.45) is 0 Å². The van der Waals surface area contributed by atoms with Crippen LogP contribution in [0, 0.1) is 0 Å². The van der Waals surface area contributed by atoms with Gasteiger partial charge in [-0.05, 0) is 50.2 Å². The average molecular weight is 253 g/mol. The zero-order valence-electron chi connectivity index (χ0n) is 9.97. The van der Waals surface area contributed by atoms with Crippen molar-refractivity contribution >= 4 is 12.0 Å². The van der Waals surface area contributed by atoms with Gasteiger partial charge in [0.05, 0.1) is 6.61 Å². The second kappa shape index (κ2) is 6.89. The van der Waals surface area contributed by atoms with Crippen molar-refractivity contribution in [2.75, 3.05) is 26.2 Å². The van der Waals surface area contributed by atoms with E-state index in [-0.39, 0.29) is 0 Å². The zero-order valence-corrected chi connectivity index (χ0v) is 10.8. The Morgan fingerprint density at radius 2 is 1.82 bits per heavy atom. The summed E-state index contributed by atoms with van der Waals surface area (Å²) in [4.78, 5) is 3.49. The van der Waals surface area contributed by atoms with Gasteiger partial charge in [0, 0.05) is 23.5 Å². The van der Waals surface area contributed by atoms with E-state index in [1.54, 1.807) is 12.1 Å². The Morgan fingerprint density at radius 1 is 1.12 bits per heavy atom. The molecule has 1 aromatic carbocycles. The number of phenols is 1. The lowest BCUT2D eigenvalue weighted by molar-refractivity contribution is 0.194. The van der Waals surface area contributed by atoms with Crippen molar-refractivity contribution in [3.8, 4) is 5.75 Å². The molecule has 1 aromatic rings. The number of benzene rings is 1. The second-order valence-electron chi connectivity index (χ2n) is 4.30. The van der Waals surface area contributed by atoms with Crippen LogP contribution in [0.5, 0.6) is 5.75 Å². The standard InChI is InChI=1S/C13H19NO2S/c15-12-4-6-13(7-5-12)17-16-11-10-14-8-2-1-3-9-14/h4-7,15H,1-3,8-11H2. The fourth-order valence-electron chi connectivity index (χ4n) is 1.96. The van der Waals surface area contributed by atoms with E-state index in [1.807, 2.05) is 12.1 Å². The molecule has 94 valence electrons. The lowest BCUT2D eigenvalue weighted by atomic mass is 10.1. The molecule has 2 rings (SSSR count). The Bertz CT molecular complexity index is 323. The molecule has 1 aliphatic rings. The molecule has 0 atom stereocenters. The predicted molar refractivity (Wildman–Crippen MR) is 70.2 cm³/mol. The fourth-order valence-corrected chi connectivity index (χ4v) is 2.50. The first-order chi connectivity index (χ1) is 8.34. The Balaban J connectivity index is 1.60. The largest absolute Gasteiger partial charge is 0.508 e. The van der Waals surface area contributed by atoms with Gasteiger partial charge in [-0.25, -0.2) is 0 Å². The molecule has 1 saturated heterocycles. The number of hydrogen-bond acceptors (Lipinski definition) is 4. The van der Waals surface area contributed by atoms with Crippen molar-refractivity contribution in [3.05, 3.63) is 24.3 Å². The van der Waals surface area contributed by atoms with Crippen LogP contribution < -0.4 is 0 Å². The van der Waals surface area contributed by atoms with Crippen LogP contribution in [0.25, 0.3) is 0 Å². The first-order valence-electron chi connectivity index (χ1n) is 6.15. The monoisotopic (exact) mass is 253 g/mol. The van der Waals surface area contributed by atoms with Crippen LogP contribution in [0.1, 0.15) is 19.3 Å². The highest BCUT2D eigenvalue weighted by molar-refractivity contribution is 7.94. The summed E-state index contributed by atoms with van der Waals surface area (Å²) in [6.45, 7) is 4.21. The van der Waals surface area contributed by atoms with Gasteiger partial charge in [0.2, 0.25) is 0 Å². The van der Waals surface area contributed by atoms with Crippen LogP contribution in [-0.4, -0.2) is 36.2 Å². The third-order valence-corrected chi connectivity index (χ3v) is 3.68. The Kier molecular flexibility index (Phi) is 5.16. The molecule has 0 amide bonds. The topological polar surface area (TPSA) is 32.7 Å². The van der Waals surface area contributed by atoms with Gasteiger partial charge in [0.15, 0.2) is 0 Å². The van der Waals surface area contributed by atoms with Crippen LogP contribution in [-0.2, 0) is 4.18 Å². The summed E-state index contributed by atoms with van der Waals surface area (Å²) < 4.78 is 5.56. The number of rotatable bonds is 5. The molecular formula is C13H19NO2S. The third-order valence-electron chi connectivity index (χ3n) is 2.93. The van der Waals surface area contributed by atoms with E-state index in [9.17, 15) is 0 Å². The van der Waals surface area contributed by atoms with Crippen LogP contribution >= 0.6 is 12.0 Å². The van der Waals surface area contributed by atoms with Gasteiger partial charge < -0.3 is 14.2 Å². The van der Waals surface area contributed by atoms with E-state index >= 15 is 0 Å². The van der Waals surface area contributed by atoms with Crippen molar-refractivity contribution in [3.63, 3.8) is 0 Å². The first kappa shape index (κ1) is 12.7. The summed E-state index contributed by atoms with van der Waals surface area (Å²) in [6.07, 6.45) is 4.02. The molecule has 0 aromatic heterocycles. The maximum Gasteiger partial charge on any atom is 0.115 e. The fraction of sp³-hybridized carbons (Fsp3) is 0.538. The molecule has 0 bridgehead atoms. The van der Waals surface area contributed by atoms with Gasteiger partial charge in [-0.1, -0.05) is 6.42 Å². The van der Waals surface area contributed by atoms with Crippen LogP contribution in [0.4, 0.5) is 0 Å². The number of aromatic hydroxyl groups is 1. The third kappa shape index (κ3) is 4.58. The molecule has 3 nitrogen and oxygen atoms in total. The number of likely N-dealkylation sites (tertiary alicyclic amines) is 1. The lowest BCUT2D eigenvalue weighted by Crippen LogP contribution is -2.32. The van der Waals surface area contributed by atoms with Crippen molar-refractivity contribution in [1.82, 2.24) is 4.90 Å². The number of hydrogen-bond donors (Lipinski definition) is 1. The summed E-state index contributed by atoms with van der Waals surface area (Å²) in [6, 6.07) is 7.08. The quantitative estimate of drug-likeness (QED) is 0.646. The molecule has 4 heteroatoms. The highest BCUT2D eigenvalue weighted by Crippen LogP contribution is 2.21. The smallest absolute Gasteiger partial charge is 0.115 e. The van der Waals surface area contributed by atoms with Gasteiger partial charge in [-0.3, -0.25) is 0 Å². The van der Waals surface area contributed by atoms with Crippen LogP contribution in [0.3, 0.4) is 0 Å². The summed E-state index contributed by atoms with van der Waals surface area (Å²) >= 11 is 1.38. The maximum atomic E-state index is 9.14. The average Bonchev–Trinajstić information content (AvgIpc) is 2.38. The molecule has 1 aliphatic heterocycles. The number of piperidine rings is 1. The number of phenolic OH excluding ortho intramolecular Hbond substituents is 1. The van der Waals surface area contributed by atoms with Crippen molar-refractivity contribution in [1.29, 1.82) is 0 Å². The van der Waals surface area contributed by atoms with Crippen molar-refractivity contribution < 1.29 is 9.29 Å².